The molecule has 1 N–H and O–H groups in total. The molecular formula is C9H11BrN3O3+. The Kier molecular flexibility index (Phi) is 2.95. The lowest BCUT2D eigenvalue weighted by atomic mass is 10.3. The molecule has 0 aromatic carbocycles. The first-order chi connectivity index (χ1) is 7.61. The maximum atomic E-state index is 10.9. The number of aromatic nitrogens is 1. The van der Waals surface area contributed by atoms with Crippen LogP contribution in [0.4, 0.5) is 11.4 Å². The van der Waals surface area contributed by atoms with Crippen LogP contribution in [0.1, 0.15) is 12.8 Å². The van der Waals surface area contributed by atoms with Crippen molar-refractivity contribution >= 4 is 27.3 Å². The van der Waals surface area contributed by atoms with Crippen LogP contribution in [0.3, 0.4) is 0 Å². The molecule has 1 aromatic heterocycles. The molecule has 1 aliphatic carbocycles. The smallest absolute Gasteiger partial charge is 0.306 e. The van der Waals surface area contributed by atoms with Crippen molar-refractivity contribution in [1.29, 1.82) is 0 Å². The maximum Gasteiger partial charge on any atom is 0.306 e. The van der Waals surface area contributed by atoms with E-state index in [0.29, 0.717) is 16.3 Å². The fraction of sp³-hybridized carbons (Fsp3) is 0.444. The minimum atomic E-state index is -0.407. The first-order valence-electron chi connectivity index (χ1n) is 4.82. The fourth-order valence-electron chi connectivity index (χ4n) is 1.35. The Morgan fingerprint density at radius 1 is 1.69 bits per heavy atom. The average Bonchev–Trinajstić information content (AvgIpc) is 3.03. The lowest BCUT2D eigenvalue weighted by Gasteiger charge is -2.03. The Bertz CT molecular complexity index is 434. The van der Waals surface area contributed by atoms with E-state index >= 15 is 0 Å². The highest BCUT2D eigenvalue weighted by molar-refractivity contribution is 9.10. The highest BCUT2D eigenvalue weighted by Crippen LogP contribution is 2.30. The molecule has 0 unspecified atom stereocenters. The van der Waals surface area contributed by atoms with Crippen molar-refractivity contribution in [2.75, 3.05) is 12.4 Å². The van der Waals surface area contributed by atoms with Gasteiger partial charge in [-0.3, -0.25) is 15.0 Å². The van der Waals surface area contributed by atoms with Gasteiger partial charge in [-0.05, 0) is 12.8 Å². The van der Waals surface area contributed by atoms with Gasteiger partial charge in [0.25, 0.3) is 6.20 Å². The molecule has 0 atom stereocenters. The molecule has 1 heterocycles. The Morgan fingerprint density at radius 3 is 2.88 bits per heavy atom. The Balaban J connectivity index is 2.39. The molecule has 1 fully saturated rings. The summed E-state index contributed by atoms with van der Waals surface area (Å²) in [6, 6.07) is 1.78. The minimum Gasteiger partial charge on any atom is -0.372 e. The number of nitrogens with one attached hydrogen (secondary N) is 1. The molecule has 0 saturated heterocycles. The van der Waals surface area contributed by atoms with Gasteiger partial charge in [0.05, 0.1) is 4.92 Å². The highest BCUT2D eigenvalue weighted by atomic mass is 79.9. The number of hydrogen-bond acceptors (Lipinski definition) is 4. The van der Waals surface area contributed by atoms with Gasteiger partial charge < -0.3 is 5.32 Å². The summed E-state index contributed by atoms with van der Waals surface area (Å²) in [5.41, 5.74) is 0.532. The Labute approximate surface area is 100 Å². The number of hydrogen-bond donors (Lipinski definition) is 1. The second kappa shape index (κ2) is 4.25. The zero-order valence-corrected chi connectivity index (χ0v) is 10.2. The number of rotatable bonds is 4. The van der Waals surface area contributed by atoms with Gasteiger partial charge in [-0.15, -0.1) is 0 Å². The molecule has 0 amide bonds. The number of pyridine rings is 1. The van der Waals surface area contributed by atoms with Gasteiger partial charge in [-0.2, -0.15) is 0 Å². The predicted octanol–water partition coefficient (Wildman–Crippen LogP) is 1.28. The fourth-order valence-corrected chi connectivity index (χ4v) is 1.81. The van der Waals surface area contributed by atoms with Gasteiger partial charge in [0, 0.05) is 26.7 Å². The normalized spacial score (nSPS) is 14.6. The summed E-state index contributed by atoms with van der Waals surface area (Å²) < 4.78 is 1.93. The Hall–Kier alpha value is -1.37. The van der Waals surface area contributed by atoms with Crippen LogP contribution in [-0.4, -0.2) is 18.1 Å². The molecule has 86 valence electrons. The summed E-state index contributed by atoms with van der Waals surface area (Å²) in [5.74, 6) is 0. The second-order valence-electron chi connectivity index (χ2n) is 3.58. The van der Waals surface area contributed by atoms with E-state index in [9.17, 15) is 10.1 Å². The molecule has 2 rings (SSSR count). The van der Waals surface area contributed by atoms with Crippen molar-refractivity contribution in [1.82, 2.24) is 0 Å². The van der Waals surface area contributed by atoms with E-state index < -0.39 is 4.92 Å². The largest absolute Gasteiger partial charge is 0.372 e. The van der Waals surface area contributed by atoms with Crippen LogP contribution in [0.25, 0.3) is 0 Å². The van der Waals surface area contributed by atoms with E-state index in [0.717, 1.165) is 12.8 Å². The van der Waals surface area contributed by atoms with Crippen LogP contribution < -0.4 is 14.9 Å². The molecule has 7 heteroatoms. The van der Waals surface area contributed by atoms with Crippen LogP contribution in [0.15, 0.2) is 16.9 Å². The molecule has 1 aromatic rings. The SMILES string of the molecule is CO[n+]1cc(NC2CC2)c([N+](=O)[O-])cc1Br. The predicted molar refractivity (Wildman–Crippen MR) is 60.1 cm³/mol. The summed E-state index contributed by atoms with van der Waals surface area (Å²) in [4.78, 5) is 15.5. The molecule has 0 radical (unpaired) electrons. The van der Waals surface area contributed by atoms with Gasteiger partial charge in [0.2, 0.25) is 0 Å². The van der Waals surface area contributed by atoms with Crippen molar-refractivity contribution in [2.45, 2.75) is 18.9 Å². The molecule has 16 heavy (non-hydrogen) atoms. The lowest BCUT2D eigenvalue weighted by Crippen LogP contribution is -2.42. The third-order valence-corrected chi connectivity index (χ3v) is 2.90. The van der Waals surface area contributed by atoms with E-state index in [-0.39, 0.29) is 5.69 Å². The molecule has 0 aliphatic heterocycles. The zero-order chi connectivity index (χ0) is 11.7. The molecule has 1 saturated carbocycles. The standard InChI is InChI=1S/C9H11BrN3O3/c1-16-12-5-7(11-6-2-3-6)8(13(14)15)4-9(12)10/h4-6,11H,2-3H2,1H3/q+1. The lowest BCUT2D eigenvalue weighted by molar-refractivity contribution is -0.893. The first-order valence-corrected chi connectivity index (χ1v) is 5.61. The molecule has 0 spiro atoms. The monoisotopic (exact) mass is 288 g/mol. The van der Waals surface area contributed by atoms with Crippen molar-refractivity contribution < 1.29 is 14.5 Å². The summed E-state index contributed by atoms with van der Waals surface area (Å²) in [5, 5.41) is 14.0. The van der Waals surface area contributed by atoms with E-state index in [4.69, 9.17) is 4.84 Å². The number of nitrogens with zero attached hydrogens (tertiary/aromatic N) is 2. The average molecular weight is 289 g/mol. The van der Waals surface area contributed by atoms with Crippen LogP contribution in [0.5, 0.6) is 0 Å². The van der Waals surface area contributed by atoms with Crippen molar-refractivity contribution in [3.63, 3.8) is 0 Å². The third kappa shape index (κ3) is 2.24. The third-order valence-electron chi connectivity index (χ3n) is 2.32. The minimum absolute atomic E-state index is 0.0482. The van der Waals surface area contributed by atoms with E-state index in [1.165, 1.54) is 17.9 Å². The number of halogens is 1. The first kappa shape index (κ1) is 11.1. The van der Waals surface area contributed by atoms with Crippen molar-refractivity contribution in [3.8, 4) is 0 Å². The summed E-state index contributed by atoms with van der Waals surface area (Å²) >= 11 is 3.20. The van der Waals surface area contributed by atoms with Crippen LogP contribution >= 0.6 is 15.9 Å². The van der Waals surface area contributed by atoms with Crippen molar-refractivity contribution in [3.05, 3.63) is 27.0 Å². The summed E-state index contributed by atoms with van der Waals surface area (Å²) in [6.45, 7) is 0. The maximum absolute atomic E-state index is 10.9. The highest BCUT2D eigenvalue weighted by Gasteiger charge is 2.29. The van der Waals surface area contributed by atoms with Gasteiger partial charge in [0.15, 0.2) is 5.69 Å². The van der Waals surface area contributed by atoms with Crippen LogP contribution in [0, 0.1) is 10.1 Å². The Morgan fingerprint density at radius 2 is 2.38 bits per heavy atom. The van der Waals surface area contributed by atoms with Crippen LogP contribution in [-0.2, 0) is 0 Å². The number of nitro groups is 1. The van der Waals surface area contributed by atoms with Gasteiger partial charge in [-0.25, -0.2) is 0 Å². The molecule has 0 bridgehead atoms. The van der Waals surface area contributed by atoms with E-state index in [1.807, 2.05) is 0 Å². The van der Waals surface area contributed by atoms with E-state index in [1.54, 1.807) is 6.20 Å². The zero-order valence-electron chi connectivity index (χ0n) is 8.64. The van der Waals surface area contributed by atoms with Crippen molar-refractivity contribution in [2.24, 2.45) is 0 Å². The molecule has 1 aliphatic rings. The number of anilines is 1. The topological polar surface area (TPSA) is 68.3 Å². The van der Waals surface area contributed by atoms with Gasteiger partial charge >= 0.3 is 10.3 Å². The molecule has 6 nitrogen and oxygen atoms in total. The van der Waals surface area contributed by atoms with E-state index in [2.05, 4.69) is 21.2 Å². The summed E-state index contributed by atoms with van der Waals surface area (Å²) in [7, 11) is 1.50. The summed E-state index contributed by atoms with van der Waals surface area (Å²) in [6.07, 6.45) is 3.68. The van der Waals surface area contributed by atoms with Gasteiger partial charge in [0.1, 0.15) is 13.2 Å². The quantitative estimate of drug-likeness (QED) is 0.392. The second-order valence-corrected chi connectivity index (χ2v) is 4.39. The molecular weight excluding hydrogens is 278 g/mol. The van der Waals surface area contributed by atoms with Gasteiger partial charge in [-0.1, -0.05) is 0 Å². The van der Waals surface area contributed by atoms with Crippen LogP contribution in [0.2, 0.25) is 0 Å².